The summed E-state index contributed by atoms with van der Waals surface area (Å²) in [5.74, 6) is 0.0699. The Morgan fingerprint density at radius 1 is 0.935 bits per heavy atom. The van der Waals surface area contributed by atoms with Crippen molar-refractivity contribution in [3.05, 3.63) is 53.6 Å². The van der Waals surface area contributed by atoms with Crippen LogP contribution in [0.25, 0.3) is 0 Å². The van der Waals surface area contributed by atoms with E-state index in [1.165, 1.54) is 5.56 Å². The van der Waals surface area contributed by atoms with Gasteiger partial charge in [-0.3, -0.25) is 4.79 Å². The summed E-state index contributed by atoms with van der Waals surface area (Å²) in [7, 11) is 0. The topological polar surface area (TPSA) is 73.9 Å². The van der Waals surface area contributed by atoms with Gasteiger partial charge in [0.1, 0.15) is 0 Å². The van der Waals surface area contributed by atoms with Gasteiger partial charge in [0.25, 0.3) is 5.91 Å². The third-order valence-corrected chi connectivity index (χ3v) is 4.60. The van der Waals surface area contributed by atoms with Crippen LogP contribution in [0, 0.1) is 0 Å². The second-order valence-corrected chi connectivity index (χ2v) is 8.25. The predicted octanol–water partition coefficient (Wildman–Crippen LogP) is 5.36. The molecule has 0 aliphatic carbocycles. The van der Waals surface area contributed by atoms with Gasteiger partial charge in [0.05, 0.1) is 18.8 Å². The first-order valence-corrected chi connectivity index (χ1v) is 10.7. The van der Waals surface area contributed by atoms with Crippen LogP contribution in [0.5, 0.6) is 11.5 Å². The van der Waals surface area contributed by atoms with Crippen LogP contribution in [-0.4, -0.2) is 31.7 Å². The Morgan fingerprint density at radius 3 is 2.26 bits per heavy atom. The Hall–Kier alpha value is -3.02. The SMILES string of the molecule is CCCCOc1ccc(C(=O)OCC(=O)Nc2ccc(C(C)(C)C)cc2)cc1OCC. The van der Waals surface area contributed by atoms with E-state index in [1.807, 2.05) is 31.2 Å². The van der Waals surface area contributed by atoms with Crippen molar-refractivity contribution in [2.45, 2.75) is 52.9 Å². The minimum atomic E-state index is -0.598. The van der Waals surface area contributed by atoms with Crippen molar-refractivity contribution in [2.24, 2.45) is 0 Å². The van der Waals surface area contributed by atoms with Gasteiger partial charge in [-0.25, -0.2) is 4.79 Å². The summed E-state index contributed by atoms with van der Waals surface area (Å²) in [6.45, 7) is 11.0. The number of esters is 1. The zero-order valence-corrected chi connectivity index (χ0v) is 19.1. The third kappa shape index (κ3) is 7.63. The lowest BCUT2D eigenvalue weighted by Crippen LogP contribution is -2.21. The van der Waals surface area contributed by atoms with E-state index < -0.39 is 11.9 Å². The highest BCUT2D eigenvalue weighted by Gasteiger charge is 2.16. The standard InChI is InChI=1S/C25H33NO5/c1-6-8-15-30-21-14-9-18(16-22(21)29-7-2)24(28)31-17-23(27)26-20-12-10-19(11-13-20)25(3,4)5/h9-14,16H,6-8,15,17H2,1-5H3,(H,26,27). The first kappa shape index (κ1) is 24.3. The maximum absolute atomic E-state index is 12.4. The molecule has 0 heterocycles. The Bertz CT molecular complexity index is 868. The normalized spacial score (nSPS) is 11.0. The highest BCUT2D eigenvalue weighted by atomic mass is 16.5. The van der Waals surface area contributed by atoms with Crippen molar-refractivity contribution in [3.63, 3.8) is 0 Å². The van der Waals surface area contributed by atoms with E-state index in [1.54, 1.807) is 18.2 Å². The molecule has 0 radical (unpaired) electrons. The summed E-state index contributed by atoms with van der Waals surface area (Å²) < 4.78 is 16.5. The molecule has 2 aromatic rings. The van der Waals surface area contributed by atoms with Gasteiger partial charge in [0.15, 0.2) is 18.1 Å². The molecule has 0 aliphatic rings. The van der Waals surface area contributed by atoms with Gasteiger partial charge < -0.3 is 19.5 Å². The van der Waals surface area contributed by atoms with E-state index in [2.05, 4.69) is 33.0 Å². The van der Waals surface area contributed by atoms with Crippen LogP contribution in [0.2, 0.25) is 0 Å². The molecule has 0 aliphatic heterocycles. The number of rotatable bonds is 10. The third-order valence-electron chi connectivity index (χ3n) is 4.60. The molecular weight excluding hydrogens is 394 g/mol. The highest BCUT2D eigenvalue weighted by molar-refractivity contribution is 5.95. The second kappa shape index (κ2) is 11.4. The first-order chi connectivity index (χ1) is 14.7. The van der Waals surface area contributed by atoms with Crippen LogP contribution >= 0.6 is 0 Å². The number of unbranched alkanes of at least 4 members (excludes halogenated alkanes) is 1. The number of nitrogens with one attached hydrogen (secondary N) is 1. The summed E-state index contributed by atoms with van der Waals surface area (Å²) in [6.07, 6.45) is 1.96. The lowest BCUT2D eigenvalue weighted by atomic mass is 9.87. The lowest BCUT2D eigenvalue weighted by Gasteiger charge is -2.19. The van der Waals surface area contributed by atoms with Gasteiger partial charge in [-0.2, -0.15) is 0 Å². The van der Waals surface area contributed by atoms with Crippen LogP contribution in [-0.2, 0) is 14.9 Å². The van der Waals surface area contributed by atoms with Crippen molar-refractivity contribution in [1.29, 1.82) is 0 Å². The number of ether oxygens (including phenoxy) is 3. The molecule has 6 nitrogen and oxygen atoms in total. The maximum Gasteiger partial charge on any atom is 0.338 e. The molecule has 31 heavy (non-hydrogen) atoms. The Balaban J connectivity index is 1.93. The van der Waals surface area contributed by atoms with Gasteiger partial charge in [-0.05, 0) is 54.7 Å². The number of carbonyl (C=O) groups excluding carboxylic acids is 2. The van der Waals surface area contributed by atoms with Crippen molar-refractivity contribution < 1.29 is 23.8 Å². The number of benzene rings is 2. The molecule has 6 heteroatoms. The fraction of sp³-hybridized carbons (Fsp3) is 0.440. The van der Waals surface area contributed by atoms with E-state index in [-0.39, 0.29) is 12.0 Å². The van der Waals surface area contributed by atoms with E-state index in [4.69, 9.17) is 14.2 Å². The van der Waals surface area contributed by atoms with E-state index in [9.17, 15) is 9.59 Å². The molecule has 1 N–H and O–H groups in total. The molecule has 0 spiro atoms. The second-order valence-electron chi connectivity index (χ2n) is 8.25. The van der Waals surface area contributed by atoms with Crippen molar-refractivity contribution in [2.75, 3.05) is 25.1 Å². The number of anilines is 1. The molecule has 2 rings (SSSR count). The van der Waals surface area contributed by atoms with E-state index >= 15 is 0 Å². The molecule has 1 amide bonds. The molecule has 0 unspecified atom stereocenters. The number of carbonyl (C=O) groups is 2. The molecule has 168 valence electrons. The van der Waals surface area contributed by atoms with Gasteiger partial charge in [0, 0.05) is 5.69 Å². The van der Waals surface area contributed by atoms with Crippen LogP contribution in [0.4, 0.5) is 5.69 Å². The molecule has 0 saturated heterocycles. The number of hydrogen-bond acceptors (Lipinski definition) is 5. The summed E-state index contributed by atoms with van der Waals surface area (Å²) >= 11 is 0. The van der Waals surface area contributed by atoms with Crippen LogP contribution in [0.3, 0.4) is 0 Å². The van der Waals surface area contributed by atoms with Crippen LogP contribution < -0.4 is 14.8 Å². The highest BCUT2D eigenvalue weighted by Crippen LogP contribution is 2.29. The van der Waals surface area contributed by atoms with Gasteiger partial charge in [-0.15, -0.1) is 0 Å². The molecule has 2 aromatic carbocycles. The predicted molar refractivity (Wildman–Crippen MR) is 122 cm³/mol. The fourth-order valence-corrected chi connectivity index (χ4v) is 2.81. The smallest absolute Gasteiger partial charge is 0.338 e. The monoisotopic (exact) mass is 427 g/mol. The largest absolute Gasteiger partial charge is 0.490 e. The fourth-order valence-electron chi connectivity index (χ4n) is 2.81. The Kier molecular flexibility index (Phi) is 8.91. The lowest BCUT2D eigenvalue weighted by molar-refractivity contribution is -0.119. The average Bonchev–Trinajstić information content (AvgIpc) is 2.73. The van der Waals surface area contributed by atoms with Crippen molar-refractivity contribution >= 4 is 17.6 Å². The molecule has 0 saturated carbocycles. The molecular formula is C25H33NO5. The summed E-state index contributed by atoms with van der Waals surface area (Å²) in [4.78, 5) is 24.6. The first-order valence-electron chi connectivity index (χ1n) is 10.7. The molecule has 0 bridgehead atoms. The Labute approximate surface area is 184 Å². The van der Waals surface area contributed by atoms with E-state index in [0.717, 1.165) is 12.8 Å². The van der Waals surface area contributed by atoms with Crippen molar-refractivity contribution in [1.82, 2.24) is 0 Å². The zero-order chi connectivity index (χ0) is 22.9. The summed E-state index contributed by atoms with van der Waals surface area (Å²) in [5, 5.41) is 2.74. The molecule has 0 fully saturated rings. The van der Waals surface area contributed by atoms with E-state index in [0.29, 0.717) is 36.0 Å². The van der Waals surface area contributed by atoms with Crippen molar-refractivity contribution in [3.8, 4) is 11.5 Å². The quantitative estimate of drug-likeness (QED) is 0.408. The average molecular weight is 428 g/mol. The molecule has 0 aromatic heterocycles. The van der Waals surface area contributed by atoms with Crippen LogP contribution in [0.1, 0.15) is 63.4 Å². The van der Waals surface area contributed by atoms with Gasteiger partial charge in [0.2, 0.25) is 0 Å². The minimum absolute atomic E-state index is 0.0367. The van der Waals surface area contributed by atoms with Gasteiger partial charge in [-0.1, -0.05) is 46.2 Å². The minimum Gasteiger partial charge on any atom is -0.490 e. The zero-order valence-electron chi connectivity index (χ0n) is 19.1. The number of hydrogen-bond donors (Lipinski definition) is 1. The van der Waals surface area contributed by atoms with Gasteiger partial charge >= 0.3 is 5.97 Å². The molecule has 0 atom stereocenters. The maximum atomic E-state index is 12.4. The number of amides is 1. The summed E-state index contributed by atoms with van der Waals surface area (Å²) in [6, 6.07) is 12.5. The Morgan fingerprint density at radius 2 is 1.65 bits per heavy atom. The van der Waals surface area contributed by atoms with Crippen LogP contribution in [0.15, 0.2) is 42.5 Å². The summed E-state index contributed by atoms with van der Waals surface area (Å²) in [5.41, 5.74) is 2.16.